The first-order valence-corrected chi connectivity index (χ1v) is 5.77. The Labute approximate surface area is 97.4 Å². The summed E-state index contributed by atoms with van der Waals surface area (Å²) in [6.07, 6.45) is 1.21. The topological polar surface area (TPSA) is 55.5 Å². The number of rotatable bonds is 1. The van der Waals surface area contributed by atoms with E-state index in [1.165, 1.54) is 0 Å². The number of nitrogens with two attached hydrogens (primary N) is 1. The number of aliphatic hydroxyl groups is 1. The fraction of sp³-hybridized carbons (Fsp3) is 0.455. The number of halogens is 1. The minimum atomic E-state index is -0.827. The minimum Gasteiger partial charge on any atom is -0.398 e. The third-order valence-electron chi connectivity index (χ3n) is 2.84. The van der Waals surface area contributed by atoms with E-state index in [1.807, 2.05) is 18.2 Å². The molecule has 1 aliphatic heterocycles. The lowest BCUT2D eigenvalue weighted by Crippen LogP contribution is -2.34. The number of hydrogen-bond acceptors (Lipinski definition) is 3. The van der Waals surface area contributed by atoms with E-state index >= 15 is 0 Å². The van der Waals surface area contributed by atoms with Gasteiger partial charge >= 0.3 is 0 Å². The lowest BCUT2D eigenvalue weighted by atomic mass is 9.85. The number of nitrogen functional groups attached to an aromatic ring is 1. The molecule has 0 atom stereocenters. The summed E-state index contributed by atoms with van der Waals surface area (Å²) >= 11 is 3.39. The van der Waals surface area contributed by atoms with Gasteiger partial charge in [-0.1, -0.05) is 15.9 Å². The highest BCUT2D eigenvalue weighted by atomic mass is 79.9. The second-order valence-corrected chi connectivity index (χ2v) is 4.79. The van der Waals surface area contributed by atoms with Gasteiger partial charge < -0.3 is 15.6 Å². The maximum atomic E-state index is 10.5. The van der Waals surface area contributed by atoms with Gasteiger partial charge in [-0.15, -0.1) is 0 Å². The molecule has 1 aliphatic rings. The molecule has 1 saturated heterocycles. The van der Waals surface area contributed by atoms with Crippen LogP contribution in [0.1, 0.15) is 18.4 Å². The Kier molecular flexibility index (Phi) is 3.00. The summed E-state index contributed by atoms with van der Waals surface area (Å²) in [5.74, 6) is 0. The molecule has 0 spiro atoms. The van der Waals surface area contributed by atoms with Crippen molar-refractivity contribution in [3.63, 3.8) is 0 Å². The average Bonchev–Trinajstić information content (AvgIpc) is 2.23. The third kappa shape index (κ3) is 2.17. The minimum absolute atomic E-state index is 0.586. The van der Waals surface area contributed by atoms with E-state index in [0.717, 1.165) is 10.0 Å². The molecular weight excluding hydrogens is 258 g/mol. The van der Waals surface area contributed by atoms with E-state index in [2.05, 4.69) is 15.9 Å². The van der Waals surface area contributed by atoms with Crippen LogP contribution >= 0.6 is 15.9 Å². The summed E-state index contributed by atoms with van der Waals surface area (Å²) in [6, 6.07) is 5.58. The molecule has 0 amide bonds. The molecule has 0 unspecified atom stereocenters. The lowest BCUT2D eigenvalue weighted by molar-refractivity contribution is -0.0674. The third-order valence-corrected chi connectivity index (χ3v) is 3.33. The van der Waals surface area contributed by atoms with Crippen molar-refractivity contribution in [2.45, 2.75) is 18.4 Å². The molecule has 0 radical (unpaired) electrons. The quantitative estimate of drug-likeness (QED) is 0.769. The molecule has 15 heavy (non-hydrogen) atoms. The molecule has 4 heteroatoms. The molecule has 1 heterocycles. The van der Waals surface area contributed by atoms with Crippen molar-refractivity contribution in [1.29, 1.82) is 0 Å². The first-order valence-electron chi connectivity index (χ1n) is 4.97. The van der Waals surface area contributed by atoms with Crippen LogP contribution in [0.25, 0.3) is 0 Å². The molecule has 1 fully saturated rings. The van der Waals surface area contributed by atoms with Crippen molar-refractivity contribution in [2.24, 2.45) is 0 Å². The smallest absolute Gasteiger partial charge is 0.0960 e. The molecule has 1 aromatic rings. The number of benzene rings is 1. The molecule has 3 N–H and O–H groups in total. The van der Waals surface area contributed by atoms with Crippen LogP contribution in [0.15, 0.2) is 22.7 Å². The standard InChI is InChI=1S/C11H14BrNO2/c12-8-1-2-10(13)9(7-8)11(14)3-5-15-6-4-11/h1-2,7,14H,3-6,13H2. The predicted molar refractivity (Wildman–Crippen MR) is 62.5 cm³/mol. The molecule has 82 valence electrons. The Balaban J connectivity index is 2.38. The zero-order valence-corrected chi connectivity index (χ0v) is 9.96. The van der Waals surface area contributed by atoms with Crippen LogP contribution in [0.2, 0.25) is 0 Å². The van der Waals surface area contributed by atoms with Gasteiger partial charge in [0.25, 0.3) is 0 Å². The van der Waals surface area contributed by atoms with E-state index < -0.39 is 5.60 Å². The van der Waals surface area contributed by atoms with Gasteiger partial charge in [-0.05, 0) is 18.2 Å². The number of anilines is 1. The van der Waals surface area contributed by atoms with Gasteiger partial charge in [-0.25, -0.2) is 0 Å². The summed E-state index contributed by atoms with van der Waals surface area (Å²) in [5, 5.41) is 10.5. The van der Waals surface area contributed by atoms with Crippen LogP contribution in [0.4, 0.5) is 5.69 Å². The number of ether oxygens (including phenoxy) is 1. The van der Waals surface area contributed by atoms with Gasteiger partial charge in [0.2, 0.25) is 0 Å². The number of hydrogen-bond donors (Lipinski definition) is 2. The van der Waals surface area contributed by atoms with Crippen LogP contribution in [-0.4, -0.2) is 18.3 Å². The van der Waals surface area contributed by atoms with E-state index in [1.54, 1.807) is 0 Å². The highest BCUT2D eigenvalue weighted by molar-refractivity contribution is 9.10. The van der Waals surface area contributed by atoms with E-state index in [9.17, 15) is 5.11 Å². The van der Waals surface area contributed by atoms with Gasteiger partial charge in [0.1, 0.15) is 0 Å². The predicted octanol–water partition coefficient (Wildman–Crippen LogP) is 2.03. The highest BCUT2D eigenvalue weighted by Crippen LogP contribution is 2.36. The zero-order chi connectivity index (χ0) is 10.9. The molecule has 3 nitrogen and oxygen atoms in total. The van der Waals surface area contributed by atoms with Crippen molar-refractivity contribution in [3.05, 3.63) is 28.2 Å². The zero-order valence-electron chi connectivity index (χ0n) is 8.37. The van der Waals surface area contributed by atoms with E-state index in [-0.39, 0.29) is 0 Å². The normalized spacial score (nSPS) is 20.1. The van der Waals surface area contributed by atoms with Crippen LogP contribution < -0.4 is 5.73 Å². The second kappa shape index (κ2) is 4.12. The highest BCUT2D eigenvalue weighted by Gasteiger charge is 2.33. The fourth-order valence-corrected chi connectivity index (χ4v) is 2.27. The Hall–Kier alpha value is -0.580. The summed E-state index contributed by atoms with van der Waals surface area (Å²) in [6.45, 7) is 1.17. The van der Waals surface area contributed by atoms with Crippen molar-refractivity contribution in [2.75, 3.05) is 18.9 Å². The van der Waals surface area contributed by atoms with Crippen molar-refractivity contribution in [3.8, 4) is 0 Å². The summed E-state index contributed by atoms with van der Waals surface area (Å²) < 4.78 is 6.18. The Morgan fingerprint density at radius 2 is 2.00 bits per heavy atom. The summed E-state index contributed by atoms with van der Waals surface area (Å²) in [4.78, 5) is 0. The lowest BCUT2D eigenvalue weighted by Gasteiger charge is -2.33. The van der Waals surface area contributed by atoms with Crippen LogP contribution in [-0.2, 0) is 10.3 Å². The fourth-order valence-electron chi connectivity index (χ4n) is 1.91. The Morgan fingerprint density at radius 3 is 2.67 bits per heavy atom. The molecule has 0 aliphatic carbocycles. The second-order valence-electron chi connectivity index (χ2n) is 3.88. The summed E-state index contributed by atoms with van der Waals surface area (Å²) in [7, 11) is 0. The van der Waals surface area contributed by atoms with E-state index in [0.29, 0.717) is 31.7 Å². The van der Waals surface area contributed by atoms with Crippen LogP contribution in [0.3, 0.4) is 0 Å². The van der Waals surface area contributed by atoms with Gasteiger partial charge in [-0.2, -0.15) is 0 Å². The SMILES string of the molecule is Nc1ccc(Br)cc1C1(O)CCOCC1. The molecule has 2 rings (SSSR count). The molecule has 0 bridgehead atoms. The van der Waals surface area contributed by atoms with E-state index in [4.69, 9.17) is 10.5 Å². The molecular formula is C11H14BrNO2. The first kappa shape index (κ1) is 10.9. The van der Waals surface area contributed by atoms with Crippen molar-refractivity contribution in [1.82, 2.24) is 0 Å². The van der Waals surface area contributed by atoms with Gasteiger partial charge in [0.15, 0.2) is 0 Å². The monoisotopic (exact) mass is 271 g/mol. The Bertz CT molecular complexity index is 362. The van der Waals surface area contributed by atoms with Gasteiger partial charge in [-0.3, -0.25) is 0 Å². The largest absolute Gasteiger partial charge is 0.398 e. The van der Waals surface area contributed by atoms with Gasteiger partial charge in [0, 0.05) is 41.8 Å². The maximum Gasteiger partial charge on any atom is 0.0960 e. The van der Waals surface area contributed by atoms with Crippen molar-refractivity contribution < 1.29 is 9.84 Å². The Morgan fingerprint density at radius 1 is 1.33 bits per heavy atom. The van der Waals surface area contributed by atoms with Crippen molar-refractivity contribution >= 4 is 21.6 Å². The maximum absolute atomic E-state index is 10.5. The van der Waals surface area contributed by atoms with Crippen LogP contribution in [0, 0.1) is 0 Å². The van der Waals surface area contributed by atoms with Crippen LogP contribution in [0.5, 0.6) is 0 Å². The molecule has 1 aromatic carbocycles. The van der Waals surface area contributed by atoms with Gasteiger partial charge in [0.05, 0.1) is 5.60 Å². The first-order chi connectivity index (χ1) is 7.12. The molecule has 0 aromatic heterocycles. The molecule has 0 saturated carbocycles. The average molecular weight is 272 g/mol. The summed E-state index contributed by atoms with van der Waals surface area (Å²) in [5.41, 5.74) is 6.50.